The second kappa shape index (κ2) is 13.1. The Morgan fingerprint density at radius 3 is 2.57 bits per heavy atom. The summed E-state index contributed by atoms with van der Waals surface area (Å²) in [6, 6.07) is 7.88. The van der Waals surface area contributed by atoms with Crippen LogP contribution in [0.1, 0.15) is 38.7 Å². The SMILES string of the molecule is CCCC(=O)Nc1ccc(CN=C(NCC)NCCCN2CCOCC2)cc1. The molecule has 1 amide bonds. The Morgan fingerprint density at radius 1 is 1.14 bits per heavy atom. The summed E-state index contributed by atoms with van der Waals surface area (Å²) in [7, 11) is 0. The van der Waals surface area contributed by atoms with E-state index in [0.29, 0.717) is 13.0 Å². The average molecular weight is 390 g/mol. The number of carbonyl (C=O) groups is 1. The van der Waals surface area contributed by atoms with Crippen LogP contribution in [0.4, 0.5) is 5.69 Å². The van der Waals surface area contributed by atoms with Gasteiger partial charge in [0.15, 0.2) is 5.96 Å². The van der Waals surface area contributed by atoms with Crippen molar-refractivity contribution in [2.45, 2.75) is 39.7 Å². The third-order valence-electron chi connectivity index (χ3n) is 4.53. The van der Waals surface area contributed by atoms with Gasteiger partial charge in [-0.15, -0.1) is 0 Å². The number of hydrogen-bond acceptors (Lipinski definition) is 4. The molecular formula is C21H35N5O2. The molecule has 1 aliphatic rings. The van der Waals surface area contributed by atoms with Crippen molar-refractivity contribution >= 4 is 17.6 Å². The standard InChI is InChI=1S/C21H35N5O2/c1-3-6-20(27)25-19-9-7-18(8-10-19)17-24-21(22-4-2)23-11-5-12-26-13-15-28-16-14-26/h7-10H,3-6,11-17H2,1-2H3,(H,25,27)(H2,22,23,24). The Morgan fingerprint density at radius 2 is 1.89 bits per heavy atom. The summed E-state index contributed by atoms with van der Waals surface area (Å²) in [5, 5.41) is 9.60. The van der Waals surface area contributed by atoms with Crippen molar-refractivity contribution in [1.29, 1.82) is 0 Å². The van der Waals surface area contributed by atoms with Crippen LogP contribution in [0.15, 0.2) is 29.3 Å². The summed E-state index contributed by atoms with van der Waals surface area (Å²) >= 11 is 0. The Hall–Kier alpha value is -2.12. The molecule has 1 heterocycles. The zero-order valence-electron chi connectivity index (χ0n) is 17.3. The monoisotopic (exact) mass is 389 g/mol. The molecule has 1 aromatic rings. The number of amides is 1. The maximum atomic E-state index is 11.7. The number of nitrogens with zero attached hydrogens (tertiary/aromatic N) is 2. The van der Waals surface area contributed by atoms with E-state index in [9.17, 15) is 4.79 Å². The van der Waals surface area contributed by atoms with Gasteiger partial charge >= 0.3 is 0 Å². The molecule has 7 heteroatoms. The normalized spacial score (nSPS) is 15.3. The van der Waals surface area contributed by atoms with Gasteiger partial charge in [-0.1, -0.05) is 19.1 Å². The average Bonchev–Trinajstić information content (AvgIpc) is 2.71. The zero-order valence-corrected chi connectivity index (χ0v) is 17.3. The third kappa shape index (κ3) is 8.71. The largest absolute Gasteiger partial charge is 0.379 e. The molecule has 7 nitrogen and oxygen atoms in total. The molecule has 1 fully saturated rings. The topological polar surface area (TPSA) is 78.0 Å². The predicted molar refractivity (Wildman–Crippen MR) is 115 cm³/mol. The summed E-state index contributed by atoms with van der Waals surface area (Å²) in [5.41, 5.74) is 1.94. The number of hydrogen-bond donors (Lipinski definition) is 3. The second-order valence-corrected chi connectivity index (χ2v) is 6.92. The van der Waals surface area contributed by atoms with Crippen molar-refractivity contribution in [3.05, 3.63) is 29.8 Å². The van der Waals surface area contributed by atoms with Gasteiger partial charge in [0, 0.05) is 38.3 Å². The minimum Gasteiger partial charge on any atom is -0.379 e. The van der Waals surface area contributed by atoms with Crippen molar-refractivity contribution < 1.29 is 9.53 Å². The van der Waals surface area contributed by atoms with Crippen LogP contribution in [-0.4, -0.2) is 62.7 Å². The van der Waals surface area contributed by atoms with Gasteiger partial charge < -0.3 is 20.7 Å². The Bertz CT molecular complexity index is 597. The quantitative estimate of drug-likeness (QED) is 0.325. The van der Waals surface area contributed by atoms with Gasteiger partial charge in [-0.2, -0.15) is 0 Å². The highest BCUT2D eigenvalue weighted by molar-refractivity contribution is 5.90. The summed E-state index contributed by atoms with van der Waals surface area (Å²) in [5.74, 6) is 0.897. The van der Waals surface area contributed by atoms with Crippen LogP contribution in [0.3, 0.4) is 0 Å². The first-order chi connectivity index (χ1) is 13.7. The van der Waals surface area contributed by atoms with Gasteiger partial charge in [0.2, 0.25) is 5.91 Å². The van der Waals surface area contributed by atoms with Crippen LogP contribution >= 0.6 is 0 Å². The number of rotatable bonds is 10. The molecule has 2 rings (SSSR count). The van der Waals surface area contributed by atoms with Gasteiger partial charge in [-0.05, 0) is 44.0 Å². The van der Waals surface area contributed by atoms with E-state index in [1.165, 1.54) is 0 Å². The molecule has 0 aliphatic carbocycles. The van der Waals surface area contributed by atoms with Gasteiger partial charge in [0.25, 0.3) is 0 Å². The predicted octanol–water partition coefficient (Wildman–Crippen LogP) is 2.20. The molecule has 0 bridgehead atoms. The number of benzene rings is 1. The minimum absolute atomic E-state index is 0.0592. The first-order valence-electron chi connectivity index (χ1n) is 10.4. The first kappa shape index (κ1) is 22.2. The van der Waals surface area contributed by atoms with E-state index in [4.69, 9.17) is 4.74 Å². The van der Waals surface area contributed by atoms with Crippen LogP contribution in [0.2, 0.25) is 0 Å². The maximum absolute atomic E-state index is 11.7. The van der Waals surface area contributed by atoms with Crippen LogP contribution < -0.4 is 16.0 Å². The summed E-state index contributed by atoms with van der Waals surface area (Å²) < 4.78 is 5.38. The van der Waals surface area contributed by atoms with E-state index in [-0.39, 0.29) is 5.91 Å². The van der Waals surface area contributed by atoms with Crippen LogP contribution in [0.5, 0.6) is 0 Å². The fourth-order valence-electron chi connectivity index (χ4n) is 2.99. The molecule has 0 saturated carbocycles. The van der Waals surface area contributed by atoms with Crippen molar-refractivity contribution in [3.63, 3.8) is 0 Å². The van der Waals surface area contributed by atoms with Gasteiger partial charge in [0.1, 0.15) is 0 Å². The Balaban J connectivity index is 1.75. The van der Waals surface area contributed by atoms with E-state index in [2.05, 4.69) is 32.8 Å². The highest BCUT2D eigenvalue weighted by atomic mass is 16.5. The fourth-order valence-corrected chi connectivity index (χ4v) is 2.99. The molecule has 0 aromatic heterocycles. The molecule has 156 valence electrons. The minimum atomic E-state index is 0.0592. The lowest BCUT2D eigenvalue weighted by Gasteiger charge is -2.26. The maximum Gasteiger partial charge on any atom is 0.224 e. The van der Waals surface area contributed by atoms with Gasteiger partial charge in [-0.3, -0.25) is 9.69 Å². The molecule has 28 heavy (non-hydrogen) atoms. The summed E-state index contributed by atoms with van der Waals surface area (Å²) in [4.78, 5) is 18.8. The fraction of sp³-hybridized carbons (Fsp3) is 0.619. The number of ether oxygens (including phenoxy) is 1. The van der Waals surface area contributed by atoms with Crippen LogP contribution in [0.25, 0.3) is 0 Å². The van der Waals surface area contributed by atoms with E-state index in [1.807, 2.05) is 31.2 Å². The lowest BCUT2D eigenvalue weighted by molar-refractivity contribution is -0.116. The van der Waals surface area contributed by atoms with Gasteiger partial charge in [-0.25, -0.2) is 4.99 Å². The van der Waals surface area contributed by atoms with Crippen LogP contribution in [0, 0.1) is 0 Å². The zero-order chi connectivity index (χ0) is 20.0. The number of carbonyl (C=O) groups excluding carboxylic acids is 1. The van der Waals surface area contributed by atoms with Crippen molar-refractivity contribution in [2.24, 2.45) is 4.99 Å². The molecule has 0 radical (unpaired) electrons. The first-order valence-corrected chi connectivity index (χ1v) is 10.4. The second-order valence-electron chi connectivity index (χ2n) is 6.92. The van der Waals surface area contributed by atoms with Crippen molar-refractivity contribution in [3.8, 4) is 0 Å². The van der Waals surface area contributed by atoms with E-state index >= 15 is 0 Å². The summed E-state index contributed by atoms with van der Waals surface area (Å²) in [6.07, 6.45) is 2.48. The molecule has 1 saturated heterocycles. The lowest BCUT2D eigenvalue weighted by Crippen LogP contribution is -2.40. The molecule has 0 unspecified atom stereocenters. The molecular weight excluding hydrogens is 354 g/mol. The van der Waals surface area contributed by atoms with Crippen molar-refractivity contribution in [1.82, 2.24) is 15.5 Å². The molecule has 0 atom stereocenters. The lowest BCUT2D eigenvalue weighted by atomic mass is 10.2. The molecule has 0 spiro atoms. The van der Waals surface area contributed by atoms with E-state index in [0.717, 1.165) is 76.0 Å². The van der Waals surface area contributed by atoms with Crippen LogP contribution in [-0.2, 0) is 16.1 Å². The van der Waals surface area contributed by atoms with Crippen molar-refractivity contribution in [2.75, 3.05) is 51.3 Å². The Kier molecular flexibility index (Phi) is 10.4. The number of nitrogens with one attached hydrogen (secondary N) is 3. The Labute approximate surface area is 168 Å². The van der Waals surface area contributed by atoms with E-state index in [1.54, 1.807) is 0 Å². The highest BCUT2D eigenvalue weighted by Gasteiger charge is 2.09. The summed E-state index contributed by atoms with van der Waals surface area (Å²) in [6.45, 7) is 11.2. The van der Waals surface area contributed by atoms with Gasteiger partial charge in [0.05, 0.1) is 19.8 Å². The molecule has 1 aliphatic heterocycles. The number of morpholine rings is 1. The smallest absolute Gasteiger partial charge is 0.224 e. The number of aliphatic imine (C=N–C) groups is 1. The number of guanidine groups is 1. The van der Waals surface area contributed by atoms with E-state index < -0.39 is 0 Å². The number of anilines is 1. The molecule has 1 aromatic carbocycles. The molecule has 3 N–H and O–H groups in total. The third-order valence-corrected chi connectivity index (χ3v) is 4.53. The highest BCUT2D eigenvalue weighted by Crippen LogP contribution is 2.11.